The molecule has 27 heavy (non-hydrogen) atoms. The highest BCUT2D eigenvalue weighted by Gasteiger charge is 2.45. The van der Waals surface area contributed by atoms with Crippen molar-refractivity contribution >= 4 is 29.1 Å². The normalized spacial score (nSPS) is 24.5. The Morgan fingerprint density at radius 1 is 1.26 bits per heavy atom. The number of carbonyl (C=O) groups excluding carboxylic acids is 2. The van der Waals surface area contributed by atoms with E-state index in [2.05, 4.69) is 12.2 Å². The highest BCUT2D eigenvalue weighted by molar-refractivity contribution is 6.34. The van der Waals surface area contributed by atoms with E-state index in [9.17, 15) is 9.59 Å². The number of furan rings is 1. The number of nitrogens with one attached hydrogen (secondary N) is 1. The van der Waals surface area contributed by atoms with E-state index >= 15 is 0 Å². The van der Waals surface area contributed by atoms with Crippen LogP contribution in [0.15, 0.2) is 41.0 Å². The Balaban J connectivity index is 1.41. The number of hydrogen-bond acceptors (Lipinski definition) is 3. The number of benzene rings is 1. The van der Waals surface area contributed by atoms with Gasteiger partial charge in [-0.1, -0.05) is 11.6 Å². The third-order valence-corrected chi connectivity index (χ3v) is 5.88. The molecule has 5 nitrogen and oxygen atoms in total. The summed E-state index contributed by atoms with van der Waals surface area (Å²) in [6, 6.07) is 9.08. The van der Waals surface area contributed by atoms with Crippen molar-refractivity contribution in [2.45, 2.75) is 44.6 Å². The van der Waals surface area contributed by atoms with Crippen LogP contribution in [0.5, 0.6) is 0 Å². The maximum Gasteiger partial charge on any atom is 0.255 e. The number of nitrogens with zero attached hydrogens (tertiary/aromatic N) is 1. The number of likely N-dealkylation sites (tertiary alicyclic amines) is 1. The number of piperidine rings is 1. The third-order valence-electron chi connectivity index (χ3n) is 5.57. The van der Waals surface area contributed by atoms with Crippen LogP contribution in [0.3, 0.4) is 0 Å². The Morgan fingerprint density at radius 2 is 2.11 bits per heavy atom. The highest BCUT2D eigenvalue weighted by atomic mass is 35.5. The van der Waals surface area contributed by atoms with Gasteiger partial charge in [-0.2, -0.15) is 0 Å². The summed E-state index contributed by atoms with van der Waals surface area (Å²) in [5.41, 5.74) is 1.10. The van der Waals surface area contributed by atoms with Crippen LogP contribution >= 0.6 is 11.6 Å². The van der Waals surface area contributed by atoms with Crippen molar-refractivity contribution in [3.63, 3.8) is 0 Å². The first-order valence-corrected chi connectivity index (χ1v) is 9.87. The van der Waals surface area contributed by atoms with E-state index in [0.717, 1.165) is 38.0 Å². The molecule has 2 amide bonds. The Labute approximate surface area is 163 Å². The van der Waals surface area contributed by atoms with Gasteiger partial charge in [0, 0.05) is 30.1 Å². The molecule has 0 bridgehead atoms. The van der Waals surface area contributed by atoms with Crippen molar-refractivity contribution in [2.75, 3.05) is 11.9 Å². The zero-order valence-electron chi connectivity index (χ0n) is 15.3. The number of carbonyl (C=O) groups is 2. The van der Waals surface area contributed by atoms with E-state index in [1.165, 1.54) is 0 Å². The largest absolute Gasteiger partial charge is 0.469 e. The quantitative estimate of drug-likeness (QED) is 0.829. The Morgan fingerprint density at radius 3 is 2.81 bits per heavy atom. The fourth-order valence-corrected chi connectivity index (χ4v) is 4.12. The first-order chi connectivity index (χ1) is 13.0. The molecule has 2 aliphatic rings. The Kier molecular flexibility index (Phi) is 4.96. The van der Waals surface area contributed by atoms with Crippen molar-refractivity contribution in [1.29, 1.82) is 0 Å². The van der Waals surface area contributed by atoms with Crippen LogP contribution in [0.2, 0.25) is 5.02 Å². The molecule has 0 radical (unpaired) electrons. The number of halogens is 1. The van der Waals surface area contributed by atoms with E-state index in [-0.39, 0.29) is 29.7 Å². The molecular formula is C21H23ClN2O3. The topological polar surface area (TPSA) is 62.6 Å². The van der Waals surface area contributed by atoms with E-state index in [1.807, 2.05) is 17.0 Å². The van der Waals surface area contributed by atoms with Crippen LogP contribution in [0.4, 0.5) is 5.69 Å². The lowest BCUT2D eigenvalue weighted by Gasteiger charge is -2.33. The molecule has 3 atom stereocenters. The molecule has 1 aromatic carbocycles. The molecule has 1 N–H and O–H groups in total. The van der Waals surface area contributed by atoms with Gasteiger partial charge in [-0.3, -0.25) is 9.59 Å². The average molecular weight is 387 g/mol. The number of hydrogen-bond donors (Lipinski definition) is 1. The molecule has 0 unspecified atom stereocenters. The Hall–Kier alpha value is -2.27. The van der Waals surface area contributed by atoms with Crippen LogP contribution in [0.25, 0.3) is 0 Å². The van der Waals surface area contributed by atoms with Crippen LogP contribution in [-0.4, -0.2) is 29.3 Å². The maximum atomic E-state index is 12.8. The summed E-state index contributed by atoms with van der Waals surface area (Å²) in [5, 5.41) is 3.27. The lowest BCUT2D eigenvalue weighted by atomic mass is 10.0. The molecule has 1 aliphatic heterocycles. The van der Waals surface area contributed by atoms with Gasteiger partial charge in [0.05, 0.1) is 16.8 Å². The molecule has 2 aromatic rings. The van der Waals surface area contributed by atoms with Crippen molar-refractivity contribution < 1.29 is 14.0 Å². The standard InChI is InChI=1S/C21H23ClN2O3/c1-13-5-2-3-9-24(13)21(26)15-8-7-14(11-18(15)22)23-20(25)17-12-16(17)19-6-4-10-27-19/h4,6-8,10-11,13,16-17H,2-3,5,9,12H2,1H3,(H,23,25)/t13-,16-,17-/m1/s1. The summed E-state index contributed by atoms with van der Waals surface area (Å²) in [6.45, 7) is 2.84. The minimum atomic E-state index is -0.0783. The molecule has 4 rings (SSSR count). The number of amides is 2. The summed E-state index contributed by atoms with van der Waals surface area (Å²) in [7, 11) is 0. The molecular weight excluding hydrogens is 364 g/mol. The van der Waals surface area contributed by atoms with Crippen molar-refractivity contribution in [2.24, 2.45) is 5.92 Å². The fourth-order valence-electron chi connectivity index (χ4n) is 3.86. The molecule has 2 heterocycles. The minimum absolute atomic E-state index is 0.0369. The lowest BCUT2D eigenvalue weighted by molar-refractivity contribution is -0.117. The van der Waals surface area contributed by atoms with E-state index in [4.69, 9.17) is 16.0 Å². The number of anilines is 1. The fraction of sp³-hybridized carbons (Fsp3) is 0.429. The van der Waals surface area contributed by atoms with Crippen molar-refractivity contribution in [1.82, 2.24) is 4.90 Å². The zero-order chi connectivity index (χ0) is 19.0. The summed E-state index contributed by atoms with van der Waals surface area (Å²) in [5.74, 6) is 0.841. The first-order valence-electron chi connectivity index (χ1n) is 9.49. The summed E-state index contributed by atoms with van der Waals surface area (Å²) in [6.07, 6.45) is 5.62. The van der Waals surface area contributed by atoms with Crippen LogP contribution < -0.4 is 5.32 Å². The van der Waals surface area contributed by atoms with E-state index in [0.29, 0.717) is 16.3 Å². The smallest absolute Gasteiger partial charge is 0.255 e. The molecule has 1 aromatic heterocycles. The van der Waals surface area contributed by atoms with Crippen molar-refractivity contribution in [3.05, 3.63) is 52.9 Å². The van der Waals surface area contributed by atoms with Crippen LogP contribution in [-0.2, 0) is 4.79 Å². The Bertz CT molecular complexity index is 849. The van der Waals surface area contributed by atoms with Crippen LogP contribution in [0.1, 0.15) is 54.6 Å². The monoisotopic (exact) mass is 386 g/mol. The number of rotatable bonds is 4. The molecule has 1 saturated heterocycles. The molecule has 6 heteroatoms. The average Bonchev–Trinajstić information content (AvgIpc) is 3.27. The van der Waals surface area contributed by atoms with Gasteiger partial charge < -0.3 is 14.6 Å². The maximum absolute atomic E-state index is 12.8. The predicted octanol–water partition coefficient (Wildman–Crippen LogP) is 4.69. The van der Waals surface area contributed by atoms with E-state index in [1.54, 1.807) is 24.5 Å². The van der Waals surface area contributed by atoms with Crippen molar-refractivity contribution in [3.8, 4) is 0 Å². The highest BCUT2D eigenvalue weighted by Crippen LogP contribution is 2.48. The van der Waals surface area contributed by atoms with Gasteiger partial charge in [0.25, 0.3) is 5.91 Å². The van der Waals surface area contributed by atoms with Gasteiger partial charge in [-0.15, -0.1) is 0 Å². The SMILES string of the molecule is C[C@@H]1CCCCN1C(=O)c1ccc(NC(=O)[C@@H]2C[C@H]2c2ccco2)cc1Cl. The van der Waals surface area contributed by atoms with Gasteiger partial charge in [0.15, 0.2) is 0 Å². The summed E-state index contributed by atoms with van der Waals surface area (Å²) in [4.78, 5) is 27.1. The summed E-state index contributed by atoms with van der Waals surface area (Å²) < 4.78 is 5.37. The lowest BCUT2D eigenvalue weighted by Crippen LogP contribution is -2.42. The molecule has 142 valence electrons. The summed E-state index contributed by atoms with van der Waals surface area (Å²) >= 11 is 6.37. The molecule has 2 fully saturated rings. The molecule has 1 saturated carbocycles. The third kappa shape index (κ3) is 3.74. The molecule has 1 aliphatic carbocycles. The first kappa shape index (κ1) is 18.1. The second-order valence-electron chi connectivity index (χ2n) is 7.49. The zero-order valence-corrected chi connectivity index (χ0v) is 16.0. The van der Waals surface area contributed by atoms with E-state index < -0.39 is 0 Å². The van der Waals surface area contributed by atoms with Gasteiger partial charge >= 0.3 is 0 Å². The van der Waals surface area contributed by atoms with Gasteiger partial charge in [0.1, 0.15) is 5.76 Å². The van der Waals surface area contributed by atoms with Gasteiger partial charge in [-0.05, 0) is 62.9 Å². The van der Waals surface area contributed by atoms with Crippen LogP contribution in [0, 0.1) is 5.92 Å². The second kappa shape index (κ2) is 7.39. The minimum Gasteiger partial charge on any atom is -0.469 e. The van der Waals surface area contributed by atoms with Gasteiger partial charge in [-0.25, -0.2) is 0 Å². The predicted molar refractivity (Wildman–Crippen MR) is 104 cm³/mol. The van der Waals surface area contributed by atoms with Gasteiger partial charge in [0.2, 0.25) is 5.91 Å². The second-order valence-corrected chi connectivity index (χ2v) is 7.90. The molecule has 0 spiro atoms.